The van der Waals surface area contributed by atoms with Crippen LogP contribution in [0.5, 0.6) is 0 Å². The number of amides is 2. The van der Waals surface area contributed by atoms with Crippen LogP contribution in [-0.2, 0) is 39.9 Å². The van der Waals surface area contributed by atoms with E-state index in [0.29, 0.717) is 32.4 Å². The summed E-state index contributed by atoms with van der Waals surface area (Å²) in [7, 11) is -12.5. The Bertz CT molecular complexity index is 2160. The highest BCUT2D eigenvalue weighted by molar-refractivity contribution is 7.86. The van der Waals surface area contributed by atoms with Crippen LogP contribution in [-0.4, -0.2) is 207 Å². The fourth-order valence-electron chi connectivity index (χ4n) is 16.3. The largest absolute Gasteiger partial charge is 0.748 e. The fourth-order valence-corrected chi connectivity index (χ4v) is 17.7. The zero-order chi connectivity index (χ0) is 72.7. The highest BCUT2D eigenvalue weighted by Crippen LogP contribution is 2.30. The molecule has 4 atom stereocenters. The van der Waals surface area contributed by atoms with Gasteiger partial charge in [0.2, 0.25) is 11.8 Å². The van der Waals surface area contributed by atoms with E-state index in [9.17, 15) is 53.6 Å². The van der Waals surface area contributed by atoms with E-state index in [1.165, 1.54) is 225 Å². The number of aliphatic hydroxyl groups is 1. The van der Waals surface area contributed by atoms with Crippen molar-refractivity contribution in [2.24, 2.45) is 11.8 Å². The molecule has 0 bridgehead atoms. The quantitative estimate of drug-likeness (QED) is 0.0340. The van der Waals surface area contributed by atoms with Crippen LogP contribution in [0.15, 0.2) is 0 Å². The molecule has 0 aromatic heterocycles. The lowest BCUT2D eigenvalue weighted by atomic mass is 9.93. The van der Waals surface area contributed by atoms with E-state index in [-0.39, 0.29) is 47.0 Å². The van der Waals surface area contributed by atoms with Crippen LogP contribution in [0.4, 0.5) is 0 Å². The maximum absolute atomic E-state index is 13.0. The van der Waals surface area contributed by atoms with Crippen molar-refractivity contribution in [2.45, 2.75) is 356 Å². The van der Waals surface area contributed by atoms with Crippen molar-refractivity contribution < 1.29 is 67.1 Å². The second kappa shape index (κ2) is 57.8. The molecule has 0 aromatic rings. The Hall–Kier alpha value is -1.49. The van der Waals surface area contributed by atoms with Crippen LogP contribution < -0.4 is 0 Å². The molecule has 2 unspecified atom stereocenters. The molecule has 0 aromatic carbocycles. The summed E-state index contributed by atoms with van der Waals surface area (Å²) in [5.74, 6) is -0.296. The molecule has 0 radical (unpaired) electrons. The first-order valence-corrected chi connectivity index (χ1v) is 46.2. The zero-order valence-electron chi connectivity index (χ0n) is 64.8. The summed E-state index contributed by atoms with van der Waals surface area (Å²) in [5.41, 5.74) is 0. The van der Waals surface area contributed by atoms with Crippen molar-refractivity contribution >= 4 is 42.2 Å². The second-order valence-corrected chi connectivity index (χ2v) is 35.3. The Morgan fingerprint density at radius 3 is 0.765 bits per heavy atom. The van der Waals surface area contributed by atoms with Crippen molar-refractivity contribution in [3.8, 4) is 0 Å². The molecule has 2 amide bonds. The van der Waals surface area contributed by atoms with Gasteiger partial charge in [0.15, 0.2) is 0 Å². The third-order valence-corrected chi connectivity index (χ3v) is 24.7. The average molecular weight is 1450 g/mol. The van der Waals surface area contributed by atoms with Crippen molar-refractivity contribution in [1.29, 1.82) is 0 Å². The molecule has 0 spiro atoms. The van der Waals surface area contributed by atoms with Gasteiger partial charge in [-0.2, -0.15) is 0 Å². The van der Waals surface area contributed by atoms with Crippen molar-refractivity contribution in [1.82, 2.24) is 9.80 Å². The van der Waals surface area contributed by atoms with Crippen LogP contribution in [0.1, 0.15) is 350 Å². The van der Waals surface area contributed by atoms with Gasteiger partial charge in [-0.15, -0.1) is 0 Å². The molecule has 98 heavy (non-hydrogen) atoms. The Kier molecular flexibility index (Phi) is 55.7. The lowest BCUT2D eigenvalue weighted by molar-refractivity contribution is -0.935. The summed E-state index contributed by atoms with van der Waals surface area (Å²) in [5, 5.41) is 9.83. The summed E-state index contributed by atoms with van der Waals surface area (Å²) in [4.78, 5) is 29.9. The van der Waals surface area contributed by atoms with E-state index in [1.807, 2.05) is 37.5 Å². The minimum absolute atomic E-state index is 0.0230. The first kappa shape index (κ1) is 94.5. The van der Waals surface area contributed by atoms with Crippen LogP contribution in [0.2, 0.25) is 0 Å². The number of hydrogen-bond donors (Lipinski definition) is 1. The lowest BCUT2D eigenvalue weighted by Gasteiger charge is -2.45. The van der Waals surface area contributed by atoms with Gasteiger partial charge in [0, 0.05) is 75.5 Å². The van der Waals surface area contributed by atoms with E-state index in [4.69, 9.17) is 0 Å². The number of rotatable bonds is 59. The molecule has 3 heterocycles. The van der Waals surface area contributed by atoms with Crippen molar-refractivity contribution in [3.05, 3.63) is 0 Å². The molecule has 584 valence electrons. The molecular formula is C78H157N5O12S3. The molecule has 3 rings (SSSR count). The van der Waals surface area contributed by atoms with E-state index in [0.717, 1.165) is 163 Å². The number of hydrogen-bond acceptors (Lipinski definition) is 12. The summed E-state index contributed by atoms with van der Waals surface area (Å²) in [6.45, 7) is 28.5. The molecule has 3 saturated heterocycles. The fraction of sp³-hybridized carbons (Fsp3) is 0.974. The number of piperidine rings is 3. The molecule has 3 aliphatic heterocycles. The van der Waals surface area contributed by atoms with E-state index >= 15 is 0 Å². The lowest BCUT2D eigenvalue weighted by Crippen LogP contribution is -2.58. The van der Waals surface area contributed by atoms with Crippen molar-refractivity contribution in [2.75, 3.05) is 122 Å². The number of unbranched alkanes of at least 4 members (excludes halogenated alkanes) is 35. The first-order valence-electron chi connectivity index (χ1n) is 41.5. The van der Waals surface area contributed by atoms with Gasteiger partial charge in [-0.3, -0.25) is 9.59 Å². The summed E-state index contributed by atoms with van der Waals surface area (Å²) >= 11 is 0. The number of quaternary nitrogens is 3. The first-order chi connectivity index (χ1) is 46.9. The predicted octanol–water partition coefficient (Wildman–Crippen LogP) is 16.8. The highest BCUT2D eigenvalue weighted by atomic mass is 32.2. The minimum atomic E-state index is -4.19. The SMILES string of the molecule is CCCCCCCCCCCCCCCC[N+]1(CCCS(=O)(=O)[O-])CCC(O)CC1.CCCCCCCCCCCCCC[N+]1(CCCS(=O)(=O)[O-])CCCC(C(=O)N(CC)CC)C1.CCCCCCCCCCCCCC[N@+]1(CCCS(=O)(=O)[O-])CCC[C@H](C(=O)N(CC)CC)C1. The van der Waals surface area contributed by atoms with Gasteiger partial charge >= 0.3 is 0 Å². The van der Waals surface area contributed by atoms with Gasteiger partial charge in [0.05, 0.1) is 127 Å². The molecule has 3 aliphatic rings. The maximum atomic E-state index is 13.0. The molecule has 3 fully saturated rings. The van der Waals surface area contributed by atoms with E-state index in [2.05, 4.69) is 20.8 Å². The average Bonchev–Trinajstić information content (AvgIpc) is 0.823. The Morgan fingerprint density at radius 2 is 0.531 bits per heavy atom. The summed E-state index contributed by atoms with van der Waals surface area (Å²) in [6.07, 6.45) is 56.9. The van der Waals surface area contributed by atoms with Gasteiger partial charge in [-0.05, 0) is 91.9 Å². The van der Waals surface area contributed by atoms with Gasteiger partial charge in [0.1, 0.15) is 0 Å². The highest BCUT2D eigenvalue weighted by Gasteiger charge is 2.41. The number of aliphatic hydroxyl groups excluding tert-OH is 1. The molecular weight excluding hydrogens is 1300 g/mol. The number of nitrogens with zero attached hydrogens (tertiary/aromatic N) is 5. The Morgan fingerprint density at radius 1 is 0.316 bits per heavy atom. The standard InChI is InChI=1S/2C27H54N2O4S.C24H49NO4S/c2*1-4-7-8-9-10-11-12-13-14-15-16-17-21-29(23-19-24-34(31,32)33)22-18-20-26(25-29)27(30)28(5-2)6-3;1-2-3-4-5-6-7-8-9-10-11-12-13-14-15-19-25(20-16-23-30(27,28)29)21-17-24(26)18-22-25/h2*26H,4-25H2,1-3H3;24,26H,2-23H2,1H3/t26-,29+;;/m0../s1. The number of carbonyl (C=O) groups is 2. The molecule has 17 nitrogen and oxygen atoms in total. The molecule has 0 saturated carbocycles. The van der Waals surface area contributed by atoms with Crippen LogP contribution in [0.25, 0.3) is 0 Å². The monoisotopic (exact) mass is 1450 g/mol. The van der Waals surface area contributed by atoms with E-state index in [1.54, 1.807) is 0 Å². The smallest absolute Gasteiger partial charge is 0.231 e. The Balaban J connectivity index is 0.000000737. The van der Waals surface area contributed by atoms with Crippen LogP contribution >= 0.6 is 0 Å². The van der Waals surface area contributed by atoms with Gasteiger partial charge in [-0.1, -0.05) is 226 Å². The van der Waals surface area contributed by atoms with Crippen LogP contribution in [0.3, 0.4) is 0 Å². The summed E-state index contributed by atoms with van der Waals surface area (Å²) < 4.78 is 102. The van der Waals surface area contributed by atoms with Gasteiger partial charge < -0.3 is 42.0 Å². The third-order valence-electron chi connectivity index (χ3n) is 22.3. The third kappa shape index (κ3) is 49.3. The van der Waals surface area contributed by atoms with E-state index < -0.39 is 30.4 Å². The maximum Gasteiger partial charge on any atom is 0.231 e. The summed E-state index contributed by atoms with van der Waals surface area (Å²) in [6, 6.07) is 0. The van der Waals surface area contributed by atoms with Crippen LogP contribution in [0, 0.1) is 11.8 Å². The predicted molar refractivity (Wildman–Crippen MR) is 406 cm³/mol. The number of carbonyl (C=O) groups excluding carboxylic acids is 2. The molecule has 1 N–H and O–H groups in total. The van der Waals surface area contributed by atoms with Gasteiger partial charge in [-0.25, -0.2) is 25.3 Å². The van der Waals surface area contributed by atoms with Gasteiger partial charge in [0.25, 0.3) is 0 Å². The molecule has 0 aliphatic carbocycles. The molecule has 20 heteroatoms. The second-order valence-electron chi connectivity index (χ2n) is 30.8. The zero-order valence-corrected chi connectivity index (χ0v) is 67.2. The minimum Gasteiger partial charge on any atom is -0.748 e. The number of likely N-dealkylation sites (tertiary alicyclic amines) is 3. The topological polar surface area (TPSA) is 232 Å². The Labute approximate surface area is 605 Å². The van der Waals surface area contributed by atoms with Crippen molar-refractivity contribution in [3.63, 3.8) is 0 Å². The normalized spacial score (nSPS) is 21.4.